The van der Waals surface area contributed by atoms with E-state index in [0.717, 1.165) is 42.6 Å². The van der Waals surface area contributed by atoms with Crippen LogP contribution in [0.4, 0.5) is 0 Å². The van der Waals surface area contributed by atoms with E-state index in [4.69, 9.17) is 10.3 Å². The topological polar surface area (TPSA) is 55.3 Å². The molecule has 1 saturated heterocycles. The van der Waals surface area contributed by atoms with E-state index in [2.05, 4.69) is 16.1 Å². The first-order valence-electron chi connectivity index (χ1n) is 7.78. The van der Waals surface area contributed by atoms with Crippen molar-refractivity contribution in [2.24, 2.45) is 17.6 Å². The van der Waals surface area contributed by atoms with Crippen molar-refractivity contribution in [1.82, 2.24) is 10.1 Å². The van der Waals surface area contributed by atoms with Gasteiger partial charge in [-0.1, -0.05) is 35.5 Å². The minimum Gasteiger partial charge on any atom is -0.356 e. The van der Waals surface area contributed by atoms with Gasteiger partial charge in [-0.3, -0.25) is 4.90 Å². The molecule has 0 amide bonds. The van der Waals surface area contributed by atoms with Crippen LogP contribution in [0.3, 0.4) is 0 Å². The molecule has 2 heterocycles. The molecule has 1 aromatic heterocycles. The largest absolute Gasteiger partial charge is 0.356 e. The van der Waals surface area contributed by atoms with Gasteiger partial charge in [-0.05, 0) is 24.7 Å². The van der Waals surface area contributed by atoms with Gasteiger partial charge in [0, 0.05) is 37.3 Å². The van der Waals surface area contributed by atoms with Crippen molar-refractivity contribution >= 4 is 0 Å². The highest BCUT2D eigenvalue weighted by Crippen LogP contribution is 2.37. The first-order chi connectivity index (χ1) is 10.3. The normalized spacial score (nSPS) is 28.9. The predicted octanol–water partition coefficient (Wildman–Crippen LogP) is 2.51. The highest BCUT2D eigenvalue weighted by Gasteiger charge is 2.40. The Morgan fingerprint density at radius 2 is 2.05 bits per heavy atom. The molecule has 2 aliphatic rings. The Kier molecular flexibility index (Phi) is 3.28. The minimum atomic E-state index is 0.400. The number of rotatable bonds is 3. The standard InChI is InChI=1S/C17H21N3O/c18-16-7-6-13-9-20(11-15(13)16)10-14-8-17(21-19-14)12-4-2-1-3-5-12/h1-5,8,13,15-16H,6-7,9-11,18H2. The van der Waals surface area contributed by atoms with E-state index in [0.29, 0.717) is 12.0 Å². The number of nitrogens with two attached hydrogens (primary N) is 1. The lowest BCUT2D eigenvalue weighted by molar-refractivity contribution is 0.287. The summed E-state index contributed by atoms with van der Waals surface area (Å²) in [5.41, 5.74) is 8.29. The third-order valence-corrected chi connectivity index (χ3v) is 4.99. The molecule has 1 saturated carbocycles. The molecule has 4 nitrogen and oxygen atoms in total. The molecule has 4 heteroatoms. The van der Waals surface area contributed by atoms with E-state index in [-0.39, 0.29) is 0 Å². The zero-order valence-electron chi connectivity index (χ0n) is 12.1. The fourth-order valence-electron chi connectivity index (χ4n) is 3.88. The van der Waals surface area contributed by atoms with E-state index >= 15 is 0 Å². The first kappa shape index (κ1) is 13.0. The summed E-state index contributed by atoms with van der Waals surface area (Å²) in [5.74, 6) is 2.33. The monoisotopic (exact) mass is 283 g/mol. The van der Waals surface area contributed by atoms with Crippen LogP contribution in [0, 0.1) is 11.8 Å². The summed E-state index contributed by atoms with van der Waals surface area (Å²) in [7, 11) is 0. The quantitative estimate of drug-likeness (QED) is 0.940. The molecule has 1 aromatic carbocycles. The average Bonchev–Trinajstić information content (AvgIpc) is 3.19. The predicted molar refractivity (Wildman–Crippen MR) is 81.4 cm³/mol. The van der Waals surface area contributed by atoms with Gasteiger partial charge in [0.2, 0.25) is 0 Å². The van der Waals surface area contributed by atoms with Crippen LogP contribution in [0.25, 0.3) is 11.3 Å². The molecule has 0 radical (unpaired) electrons. The fourth-order valence-corrected chi connectivity index (χ4v) is 3.88. The molecule has 21 heavy (non-hydrogen) atoms. The van der Waals surface area contributed by atoms with E-state index in [1.54, 1.807) is 0 Å². The third kappa shape index (κ3) is 2.49. The van der Waals surface area contributed by atoms with E-state index in [1.165, 1.54) is 12.8 Å². The van der Waals surface area contributed by atoms with Gasteiger partial charge in [0.05, 0.1) is 5.69 Å². The molecule has 3 unspecified atom stereocenters. The zero-order chi connectivity index (χ0) is 14.2. The maximum Gasteiger partial charge on any atom is 0.167 e. The molecule has 1 aliphatic heterocycles. The second-order valence-corrected chi connectivity index (χ2v) is 6.41. The van der Waals surface area contributed by atoms with E-state index < -0.39 is 0 Å². The number of aromatic nitrogens is 1. The van der Waals surface area contributed by atoms with Crippen molar-refractivity contribution in [3.8, 4) is 11.3 Å². The fraction of sp³-hybridized carbons (Fsp3) is 0.471. The summed E-state index contributed by atoms with van der Waals surface area (Å²) in [6.07, 6.45) is 2.49. The summed E-state index contributed by atoms with van der Waals surface area (Å²) in [6, 6.07) is 12.6. The number of benzene rings is 1. The van der Waals surface area contributed by atoms with Gasteiger partial charge in [-0.25, -0.2) is 0 Å². The number of nitrogens with zero attached hydrogens (tertiary/aromatic N) is 2. The summed E-state index contributed by atoms with van der Waals surface area (Å²) in [4.78, 5) is 2.47. The van der Waals surface area contributed by atoms with Gasteiger partial charge in [0.1, 0.15) is 0 Å². The van der Waals surface area contributed by atoms with Crippen molar-refractivity contribution in [2.75, 3.05) is 13.1 Å². The summed E-state index contributed by atoms with van der Waals surface area (Å²) in [5, 5.41) is 4.22. The van der Waals surface area contributed by atoms with Crippen molar-refractivity contribution < 1.29 is 4.52 Å². The maximum absolute atomic E-state index is 6.19. The number of likely N-dealkylation sites (tertiary alicyclic amines) is 1. The van der Waals surface area contributed by atoms with Gasteiger partial charge in [-0.2, -0.15) is 0 Å². The molecular weight excluding hydrogens is 262 g/mol. The lowest BCUT2D eigenvalue weighted by atomic mass is 9.98. The van der Waals surface area contributed by atoms with Crippen LogP contribution in [0.2, 0.25) is 0 Å². The van der Waals surface area contributed by atoms with Gasteiger partial charge in [0.15, 0.2) is 5.76 Å². The smallest absolute Gasteiger partial charge is 0.167 e. The summed E-state index contributed by atoms with van der Waals surface area (Å²) in [6.45, 7) is 3.14. The Morgan fingerprint density at radius 1 is 1.19 bits per heavy atom. The summed E-state index contributed by atoms with van der Waals surface area (Å²) < 4.78 is 5.47. The van der Waals surface area contributed by atoms with Crippen molar-refractivity contribution in [3.63, 3.8) is 0 Å². The lowest BCUT2D eigenvalue weighted by Crippen LogP contribution is -2.30. The Bertz CT molecular complexity index is 610. The van der Waals surface area contributed by atoms with Crippen LogP contribution < -0.4 is 5.73 Å². The molecule has 110 valence electrons. The molecular formula is C17H21N3O. The number of fused-ring (bicyclic) bond motifs is 1. The molecule has 1 aliphatic carbocycles. The molecule has 0 bridgehead atoms. The van der Waals surface area contributed by atoms with Gasteiger partial charge < -0.3 is 10.3 Å². The number of hydrogen-bond acceptors (Lipinski definition) is 4. The Balaban J connectivity index is 1.44. The molecule has 3 atom stereocenters. The number of hydrogen-bond donors (Lipinski definition) is 1. The molecule has 0 spiro atoms. The van der Waals surface area contributed by atoms with E-state index in [9.17, 15) is 0 Å². The Morgan fingerprint density at radius 3 is 2.86 bits per heavy atom. The lowest BCUT2D eigenvalue weighted by Gasteiger charge is -2.16. The minimum absolute atomic E-state index is 0.400. The van der Waals surface area contributed by atoms with Crippen molar-refractivity contribution in [2.45, 2.75) is 25.4 Å². The van der Waals surface area contributed by atoms with Crippen LogP contribution in [0.1, 0.15) is 18.5 Å². The molecule has 2 aromatic rings. The average molecular weight is 283 g/mol. The second-order valence-electron chi connectivity index (χ2n) is 6.41. The van der Waals surface area contributed by atoms with Gasteiger partial charge >= 0.3 is 0 Å². The molecule has 2 fully saturated rings. The summed E-state index contributed by atoms with van der Waals surface area (Å²) >= 11 is 0. The van der Waals surface area contributed by atoms with Crippen molar-refractivity contribution in [1.29, 1.82) is 0 Å². The van der Waals surface area contributed by atoms with Crippen LogP contribution in [0.5, 0.6) is 0 Å². The van der Waals surface area contributed by atoms with Crippen molar-refractivity contribution in [3.05, 3.63) is 42.1 Å². The van der Waals surface area contributed by atoms with E-state index in [1.807, 2.05) is 30.3 Å². The SMILES string of the molecule is NC1CCC2CN(Cc3cc(-c4ccccc4)on3)CC12. The van der Waals surface area contributed by atoms with Crippen LogP contribution >= 0.6 is 0 Å². The second kappa shape index (κ2) is 5.28. The van der Waals surface area contributed by atoms with Gasteiger partial charge in [0.25, 0.3) is 0 Å². The van der Waals surface area contributed by atoms with Crippen LogP contribution in [-0.4, -0.2) is 29.2 Å². The highest BCUT2D eigenvalue weighted by atomic mass is 16.5. The molecule has 4 rings (SSSR count). The highest BCUT2D eigenvalue weighted by molar-refractivity contribution is 5.56. The first-order valence-corrected chi connectivity index (χ1v) is 7.78. The Labute approximate surface area is 124 Å². The zero-order valence-corrected chi connectivity index (χ0v) is 12.1. The Hall–Kier alpha value is -1.65. The third-order valence-electron chi connectivity index (χ3n) is 4.99. The van der Waals surface area contributed by atoms with Gasteiger partial charge in [-0.15, -0.1) is 0 Å². The molecule has 2 N–H and O–H groups in total. The van der Waals surface area contributed by atoms with Crippen LogP contribution in [-0.2, 0) is 6.54 Å². The maximum atomic E-state index is 6.19. The van der Waals surface area contributed by atoms with Crippen LogP contribution in [0.15, 0.2) is 40.9 Å².